The second kappa shape index (κ2) is 8.59. The monoisotopic (exact) mass is 385 g/mol. The second-order valence-electron chi connectivity index (χ2n) is 6.69. The van der Waals surface area contributed by atoms with Gasteiger partial charge in [-0.2, -0.15) is 0 Å². The van der Waals surface area contributed by atoms with Crippen LogP contribution < -0.4 is 0 Å². The molecule has 5 nitrogen and oxygen atoms in total. The van der Waals surface area contributed by atoms with Crippen molar-refractivity contribution in [3.05, 3.63) is 71.8 Å². The van der Waals surface area contributed by atoms with Gasteiger partial charge in [0.1, 0.15) is 12.3 Å². The molecule has 0 bridgehead atoms. The average molecular weight is 385 g/mol. The Bertz CT molecular complexity index is 779. The van der Waals surface area contributed by atoms with Crippen molar-refractivity contribution in [1.29, 1.82) is 0 Å². The molecule has 1 saturated heterocycles. The lowest BCUT2D eigenvalue weighted by Crippen LogP contribution is -2.44. The molecule has 1 aliphatic rings. The van der Waals surface area contributed by atoms with Crippen LogP contribution in [0.5, 0.6) is 0 Å². The number of carbonyl (C=O) groups is 2. The fraction of sp³-hybridized carbons (Fsp3) is 0.333. The van der Waals surface area contributed by atoms with Crippen molar-refractivity contribution in [1.82, 2.24) is 4.90 Å². The van der Waals surface area contributed by atoms with Crippen molar-refractivity contribution in [2.45, 2.75) is 24.8 Å². The number of benzene rings is 2. The predicted molar refractivity (Wildman–Crippen MR) is 106 cm³/mol. The smallest absolute Gasteiger partial charge is 0.412 e. The fourth-order valence-electron chi connectivity index (χ4n) is 2.91. The van der Waals surface area contributed by atoms with Crippen molar-refractivity contribution in [3.8, 4) is 0 Å². The van der Waals surface area contributed by atoms with Gasteiger partial charge in [-0.1, -0.05) is 72.4 Å². The van der Waals surface area contributed by atoms with Crippen LogP contribution in [-0.2, 0) is 9.47 Å². The summed E-state index contributed by atoms with van der Waals surface area (Å²) in [4.78, 5) is 26.7. The summed E-state index contributed by atoms with van der Waals surface area (Å²) < 4.78 is 11.1. The van der Waals surface area contributed by atoms with Crippen LogP contribution in [0.3, 0.4) is 0 Å². The molecule has 0 spiro atoms. The average Bonchev–Trinajstić information content (AvgIpc) is 3.05. The third-order valence-corrected chi connectivity index (χ3v) is 5.57. The van der Waals surface area contributed by atoms with Gasteiger partial charge in [-0.15, -0.1) is 0 Å². The predicted octanol–water partition coefficient (Wildman–Crippen LogP) is 4.51. The van der Waals surface area contributed by atoms with Gasteiger partial charge in [0.15, 0.2) is 0 Å². The van der Waals surface area contributed by atoms with Crippen LogP contribution in [0.15, 0.2) is 60.7 Å². The highest BCUT2D eigenvalue weighted by molar-refractivity contribution is 8.14. The van der Waals surface area contributed by atoms with E-state index in [9.17, 15) is 9.59 Å². The molecule has 1 atom stereocenters. The summed E-state index contributed by atoms with van der Waals surface area (Å²) in [6.07, 6.45) is -0.425. The van der Waals surface area contributed by atoms with Crippen molar-refractivity contribution < 1.29 is 19.1 Å². The molecule has 3 rings (SSSR count). The molecule has 0 radical (unpaired) electrons. The maximum absolute atomic E-state index is 12.6. The van der Waals surface area contributed by atoms with Crippen molar-refractivity contribution >= 4 is 23.0 Å². The van der Waals surface area contributed by atoms with E-state index >= 15 is 0 Å². The number of rotatable bonds is 5. The maximum atomic E-state index is 12.6. The Hall–Kier alpha value is -2.31. The van der Waals surface area contributed by atoms with Crippen LogP contribution in [0.4, 0.5) is 4.79 Å². The molecule has 6 heteroatoms. The molecule has 142 valence electrons. The Kier molecular flexibility index (Phi) is 6.19. The SMILES string of the molecule is CC1(C)OCCN1C(=O)OC[C@H](SC(=O)c1ccccc1)c1ccccc1. The normalized spacial score (nSPS) is 16.7. The molecule has 1 heterocycles. The third kappa shape index (κ3) is 4.90. The van der Waals surface area contributed by atoms with E-state index in [-0.39, 0.29) is 17.0 Å². The fourth-order valence-corrected chi connectivity index (χ4v) is 3.87. The topological polar surface area (TPSA) is 55.8 Å². The van der Waals surface area contributed by atoms with Gasteiger partial charge in [0.05, 0.1) is 18.4 Å². The zero-order valence-corrected chi connectivity index (χ0v) is 16.3. The Morgan fingerprint density at radius 3 is 2.33 bits per heavy atom. The highest BCUT2D eigenvalue weighted by atomic mass is 32.2. The lowest BCUT2D eigenvalue weighted by molar-refractivity contribution is -0.0451. The first-order valence-corrected chi connectivity index (χ1v) is 9.75. The summed E-state index contributed by atoms with van der Waals surface area (Å²) >= 11 is 1.17. The largest absolute Gasteiger partial charge is 0.448 e. The number of carbonyl (C=O) groups excluding carboxylic acids is 2. The van der Waals surface area contributed by atoms with Gasteiger partial charge in [0, 0.05) is 5.56 Å². The molecule has 1 amide bonds. The maximum Gasteiger partial charge on any atom is 0.412 e. The van der Waals surface area contributed by atoms with E-state index in [2.05, 4.69) is 0 Å². The summed E-state index contributed by atoms with van der Waals surface area (Å²) in [5.41, 5.74) is 0.895. The summed E-state index contributed by atoms with van der Waals surface area (Å²) in [5, 5.41) is -0.333. The molecule has 2 aromatic carbocycles. The molecule has 0 aromatic heterocycles. The third-order valence-electron chi connectivity index (χ3n) is 4.43. The molecule has 0 aliphatic carbocycles. The Morgan fingerprint density at radius 1 is 1.11 bits per heavy atom. The van der Waals surface area contributed by atoms with Crippen LogP contribution in [0.2, 0.25) is 0 Å². The van der Waals surface area contributed by atoms with Crippen LogP contribution in [-0.4, -0.2) is 41.6 Å². The van der Waals surface area contributed by atoms with Gasteiger partial charge in [-0.3, -0.25) is 9.69 Å². The van der Waals surface area contributed by atoms with E-state index in [0.29, 0.717) is 18.7 Å². The zero-order valence-electron chi connectivity index (χ0n) is 15.5. The van der Waals surface area contributed by atoms with E-state index in [4.69, 9.17) is 9.47 Å². The molecule has 2 aromatic rings. The zero-order chi connectivity index (χ0) is 19.3. The minimum atomic E-state index is -0.674. The van der Waals surface area contributed by atoms with Gasteiger partial charge in [-0.05, 0) is 19.4 Å². The molecule has 27 heavy (non-hydrogen) atoms. The van der Waals surface area contributed by atoms with E-state index in [0.717, 1.165) is 5.56 Å². The second-order valence-corrected chi connectivity index (χ2v) is 7.87. The number of amides is 1. The van der Waals surface area contributed by atoms with E-state index < -0.39 is 11.8 Å². The van der Waals surface area contributed by atoms with Gasteiger partial charge >= 0.3 is 6.09 Å². The molecule has 1 aliphatic heterocycles. The number of hydrogen-bond acceptors (Lipinski definition) is 5. The van der Waals surface area contributed by atoms with Crippen molar-refractivity contribution in [2.75, 3.05) is 19.8 Å². The molecular formula is C21H23NO4S. The Labute approximate surface area is 163 Å². The summed E-state index contributed by atoms with van der Waals surface area (Å²) in [7, 11) is 0. The van der Waals surface area contributed by atoms with E-state index in [1.54, 1.807) is 17.0 Å². The minimum Gasteiger partial charge on any atom is -0.448 e. The van der Waals surface area contributed by atoms with Gasteiger partial charge < -0.3 is 9.47 Å². The molecular weight excluding hydrogens is 362 g/mol. The summed E-state index contributed by atoms with van der Waals surface area (Å²) in [6.45, 7) is 4.77. The first-order valence-electron chi connectivity index (χ1n) is 8.87. The lowest BCUT2D eigenvalue weighted by Gasteiger charge is -2.29. The Morgan fingerprint density at radius 2 is 1.74 bits per heavy atom. The van der Waals surface area contributed by atoms with Gasteiger partial charge in [0.25, 0.3) is 0 Å². The van der Waals surface area contributed by atoms with E-state index in [1.807, 2.05) is 62.4 Å². The molecule has 1 fully saturated rings. The molecule has 0 N–H and O–H groups in total. The van der Waals surface area contributed by atoms with Crippen LogP contribution in [0.1, 0.15) is 35.0 Å². The number of ether oxygens (including phenoxy) is 2. The van der Waals surface area contributed by atoms with Crippen LogP contribution >= 0.6 is 11.8 Å². The first kappa shape index (κ1) is 19.5. The first-order chi connectivity index (χ1) is 13.0. The van der Waals surface area contributed by atoms with Crippen molar-refractivity contribution in [3.63, 3.8) is 0 Å². The summed E-state index contributed by atoms with van der Waals surface area (Å²) in [5.74, 6) is 0. The number of nitrogens with zero attached hydrogens (tertiary/aromatic N) is 1. The van der Waals surface area contributed by atoms with Gasteiger partial charge in [0.2, 0.25) is 5.12 Å². The standard InChI is InChI=1S/C21H23NO4S/c1-21(2)22(13-14-26-21)20(24)25-15-18(16-9-5-3-6-10-16)27-19(23)17-11-7-4-8-12-17/h3-12,18H,13-15H2,1-2H3/t18-/m0/s1. The number of thioether (sulfide) groups is 1. The molecule has 0 unspecified atom stereocenters. The van der Waals surface area contributed by atoms with Crippen molar-refractivity contribution in [2.24, 2.45) is 0 Å². The quantitative estimate of drug-likeness (QED) is 0.758. The Balaban J connectivity index is 1.69. The van der Waals surface area contributed by atoms with Gasteiger partial charge in [-0.25, -0.2) is 4.79 Å². The molecule has 0 saturated carbocycles. The highest BCUT2D eigenvalue weighted by Crippen LogP contribution is 2.32. The number of hydrogen-bond donors (Lipinski definition) is 0. The highest BCUT2D eigenvalue weighted by Gasteiger charge is 2.38. The lowest BCUT2D eigenvalue weighted by atomic mass is 10.1. The van der Waals surface area contributed by atoms with Crippen LogP contribution in [0, 0.1) is 0 Å². The van der Waals surface area contributed by atoms with E-state index in [1.165, 1.54) is 11.8 Å². The minimum absolute atomic E-state index is 0.0506. The summed E-state index contributed by atoms with van der Waals surface area (Å²) in [6, 6.07) is 18.7. The van der Waals surface area contributed by atoms with Crippen LogP contribution in [0.25, 0.3) is 0 Å².